The van der Waals surface area contributed by atoms with Crippen LogP contribution in [-0.2, 0) is 14.8 Å². The van der Waals surface area contributed by atoms with Crippen LogP contribution < -0.4 is 5.32 Å². The van der Waals surface area contributed by atoms with E-state index in [4.69, 9.17) is 0 Å². The largest absolute Gasteiger partial charge is 0.392 e. The molecule has 0 aliphatic carbocycles. The minimum Gasteiger partial charge on any atom is -0.392 e. The van der Waals surface area contributed by atoms with E-state index in [0.29, 0.717) is 17.7 Å². The molecule has 2 N–H and O–H groups in total. The molecule has 7 heteroatoms. The Morgan fingerprint density at radius 2 is 1.80 bits per heavy atom. The molecule has 1 aromatic carbocycles. The van der Waals surface area contributed by atoms with Gasteiger partial charge in [-0.05, 0) is 56.4 Å². The van der Waals surface area contributed by atoms with Crippen molar-refractivity contribution in [3.8, 4) is 0 Å². The Bertz CT molecular complexity index is 748. The number of rotatable bonds is 5. The highest BCUT2D eigenvalue weighted by Crippen LogP contribution is 2.32. The van der Waals surface area contributed by atoms with E-state index >= 15 is 0 Å². The molecular formula is C18H28N2O4S. The molecule has 0 saturated carbocycles. The Morgan fingerprint density at radius 1 is 1.24 bits per heavy atom. The van der Waals surface area contributed by atoms with Crippen LogP contribution in [0.5, 0.6) is 0 Å². The van der Waals surface area contributed by atoms with Gasteiger partial charge in [-0.25, -0.2) is 8.42 Å². The monoisotopic (exact) mass is 368 g/mol. The van der Waals surface area contributed by atoms with Crippen LogP contribution in [0.15, 0.2) is 11.0 Å². The average molecular weight is 368 g/mol. The number of hydrogen-bond acceptors (Lipinski definition) is 4. The zero-order valence-corrected chi connectivity index (χ0v) is 16.4. The molecule has 0 bridgehead atoms. The van der Waals surface area contributed by atoms with Gasteiger partial charge >= 0.3 is 0 Å². The second-order valence-electron chi connectivity index (χ2n) is 6.86. The predicted octanol–water partition coefficient (Wildman–Crippen LogP) is 1.57. The van der Waals surface area contributed by atoms with Crippen LogP contribution in [0, 0.1) is 27.7 Å². The first-order chi connectivity index (χ1) is 11.6. The van der Waals surface area contributed by atoms with E-state index in [-0.39, 0.29) is 23.8 Å². The maximum Gasteiger partial charge on any atom is 0.244 e. The van der Waals surface area contributed by atoms with Crippen molar-refractivity contribution in [3.63, 3.8) is 0 Å². The summed E-state index contributed by atoms with van der Waals surface area (Å²) >= 11 is 0. The zero-order chi connectivity index (χ0) is 18.9. The van der Waals surface area contributed by atoms with Gasteiger partial charge in [0.25, 0.3) is 0 Å². The maximum atomic E-state index is 13.3. The third-order valence-electron chi connectivity index (χ3n) is 4.95. The van der Waals surface area contributed by atoms with E-state index in [2.05, 4.69) is 5.32 Å². The Hall–Kier alpha value is -1.44. The van der Waals surface area contributed by atoms with Gasteiger partial charge in [-0.15, -0.1) is 0 Å². The van der Waals surface area contributed by atoms with Crippen molar-refractivity contribution < 1.29 is 18.3 Å². The van der Waals surface area contributed by atoms with Gasteiger partial charge in [-0.2, -0.15) is 4.31 Å². The SMILES string of the molecule is CCCNC(=O)[C@@H]1CC(O)CN1S(=O)(=O)c1c(C)c(C)cc(C)c1C. The lowest BCUT2D eigenvalue weighted by molar-refractivity contribution is -0.124. The van der Waals surface area contributed by atoms with Crippen LogP contribution in [-0.4, -0.2) is 49.0 Å². The standard InChI is InChI=1S/C18H28N2O4S/c1-6-7-19-18(22)16-9-15(21)10-20(16)25(23,24)17-13(4)11(2)8-12(3)14(17)5/h8,15-16,21H,6-7,9-10H2,1-5H3,(H,19,22)/t15?,16-/m0/s1. The second kappa shape index (κ2) is 7.43. The molecule has 2 atom stereocenters. The third kappa shape index (κ3) is 3.73. The van der Waals surface area contributed by atoms with Gasteiger partial charge in [0.15, 0.2) is 0 Å². The van der Waals surface area contributed by atoms with E-state index < -0.39 is 22.2 Å². The van der Waals surface area contributed by atoms with E-state index in [0.717, 1.165) is 21.9 Å². The summed E-state index contributed by atoms with van der Waals surface area (Å²) in [6.07, 6.45) is 0.0550. The van der Waals surface area contributed by atoms with Crippen molar-refractivity contribution in [2.75, 3.05) is 13.1 Å². The third-order valence-corrected chi connectivity index (χ3v) is 7.10. The Morgan fingerprint density at radius 3 is 2.32 bits per heavy atom. The Kier molecular flexibility index (Phi) is 5.91. The fraction of sp³-hybridized carbons (Fsp3) is 0.611. The molecule has 0 spiro atoms. The first kappa shape index (κ1) is 19.9. The minimum atomic E-state index is -3.88. The van der Waals surface area contributed by atoms with E-state index in [1.807, 2.05) is 26.8 Å². The molecule has 0 aromatic heterocycles. The number of aliphatic hydroxyl groups excluding tert-OH is 1. The summed E-state index contributed by atoms with van der Waals surface area (Å²) in [5.41, 5.74) is 3.18. The summed E-state index contributed by atoms with van der Waals surface area (Å²) in [5.74, 6) is -0.346. The molecular weight excluding hydrogens is 340 g/mol. The normalized spacial score (nSPS) is 21.5. The highest BCUT2D eigenvalue weighted by molar-refractivity contribution is 7.89. The molecule has 1 saturated heterocycles. The molecule has 0 radical (unpaired) electrons. The van der Waals surface area contributed by atoms with Crippen molar-refractivity contribution in [1.82, 2.24) is 9.62 Å². The minimum absolute atomic E-state index is 0.0571. The zero-order valence-electron chi connectivity index (χ0n) is 15.6. The Labute approximate surface area is 150 Å². The number of β-amino-alcohol motifs (C(OH)–C–C–N with tert-alkyl or cyclic N) is 1. The molecule has 140 valence electrons. The van der Waals surface area contributed by atoms with Gasteiger partial charge < -0.3 is 10.4 Å². The van der Waals surface area contributed by atoms with Crippen molar-refractivity contribution in [3.05, 3.63) is 28.3 Å². The van der Waals surface area contributed by atoms with Crippen molar-refractivity contribution in [2.24, 2.45) is 0 Å². The number of carbonyl (C=O) groups is 1. The average Bonchev–Trinajstić information content (AvgIpc) is 2.93. The van der Waals surface area contributed by atoms with Crippen molar-refractivity contribution >= 4 is 15.9 Å². The van der Waals surface area contributed by atoms with Crippen LogP contribution in [0.2, 0.25) is 0 Å². The number of nitrogens with one attached hydrogen (secondary N) is 1. The number of sulfonamides is 1. The molecule has 6 nitrogen and oxygen atoms in total. The van der Waals surface area contributed by atoms with Crippen LogP contribution in [0.4, 0.5) is 0 Å². The lowest BCUT2D eigenvalue weighted by atomic mass is 10.0. The van der Waals surface area contributed by atoms with Gasteiger partial charge in [-0.3, -0.25) is 4.79 Å². The van der Waals surface area contributed by atoms with Crippen LogP contribution in [0.3, 0.4) is 0 Å². The number of aliphatic hydroxyl groups is 1. The molecule has 25 heavy (non-hydrogen) atoms. The molecule has 1 aliphatic heterocycles. The number of amides is 1. The van der Waals surface area contributed by atoms with E-state index in [1.54, 1.807) is 13.8 Å². The molecule has 2 rings (SSSR count). The number of nitrogens with zero attached hydrogens (tertiary/aromatic N) is 1. The van der Waals surface area contributed by atoms with Crippen LogP contribution in [0.1, 0.15) is 42.0 Å². The van der Waals surface area contributed by atoms with Gasteiger partial charge in [-0.1, -0.05) is 13.0 Å². The molecule has 1 fully saturated rings. The lowest BCUT2D eigenvalue weighted by Crippen LogP contribution is -2.46. The number of aryl methyl sites for hydroxylation is 2. The Balaban J connectivity index is 2.50. The van der Waals surface area contributed by atoms with Crippen molar-refractivity contribution in [1.29, 1.82) is 0 Å². The van der Waals surface area contributed by atoms with Crippen molar-refractivity contribution in [2.45, 2.75) is 64.5 Å². The van der Waals surface area contributed by atoms with Gasteiger partial charge in [0.2, 0.25) is 15.9 Å². The highest BCUT2D eigenvalue weighted by atomic mass is 32.2. The fourth-order valence-electron chi connectivity index (χ4n) is 3.34. The first-order valence-corrected chi connectivity index (χ1v) is 10.1. The molecule has 1 heterocycles. The second-order valence-corrected chi connectivity index (χ2v) is 8.69. The molecule has 1 aromatic rings. The molecule has 1 amide bonds. The predicted molar refractivity (Wildman–Crippen MR) is 97.0 cm³/mol. The molecule has 1 unspecified atom stereocenters. The quantitative estimate of drug-likeness (QED) is 0.826. The van der Waals surface area contributed by atoms with E-state index in [9.17, 15) is 18.3 Å². The highest BCUT2D eigenvalue weighted by Gasteiger charge is 2.44. The van der Waals surface area contributed by atoms with E-state index in [1.165, 1.54) is 0 Å². The van der Waals surface area contributed by atoms with Gasteiger partial charge in [0.1, 0.15) is 6.04 Å². The number of hydrogen-bond donors (Lipinski definition) is 2. The summed E-state index contributed by atoms with van der Waals surface area (Å²) in [7, 11) is -3.88. The lowest BCUT2D eigenvalue weighted by Gasteiger charge is -2.26. The van der Waals surface area contributed by atoms with Crippen LogP contribution in [0.25, 0.3) is 0 Å². The number of carbonyl (C=O) groups excluding carboxylic acids is 1. The summed E-state index contributed by atoms with van der Waals surface area (Å²) in [6, 6.07) is 1.10. The summed E-state index contributed by atoms with van der Waals surface area (Å²) in [4.78, 5) is 12.7. The number of benzene rings is 1. The topological polar surface area (TPSA) is 86.7 Å². The van der Waals surface area contributed by atoms with Gasteiger partial charge in [0, 0.05) is 19.5 Å². The first-order valence-electron chi connectivity index (χ1n) is 8.66. The summed E-state index contributed by atoms with van der Waals surface area (Å²) in [5, 5.41) is 12.8. The van der Waals surface area contributed by atoms with Crippen LogP contribution >= 0.6 is 0 Å². The summed E-state index contributed by atoms with van der Waals surface area (Å²) < 4.78 is 27.9. The fourth-order valence-corrected chi connectivity index (χ4v) is 5.55. The smallest absolute Gasteiger partial charge is 0.244 e. The maximum absolute atomic E-state index is 13.3. The molecule has 1 aliphatic rings. The summed E-state index contributed by atoms with van der Waals surface area (Å²) in [6.45, 7) is 9.69. The van der Waals surface area contributed by atoms with Gasteiger partial charge in [0.05, 0.1) is 11.0 Å².